The summed E-state index contributed by atoms with van der Waals surface area (Å²) in [4.78, 5) is 2.98. The molecular weight excluding hydrogens is 274 g/mol. The molecule has 0 saturated carbocycles. The third kappa shape index (κ3) is 2.22. The van der Waals surface area contributed by atoms with E-state index in [-0.39, 0.29) is 0 Å². The van der Waals surface area contributed by atoms with Crippen LogP contribution >= 0.6 is 11.8 Å². The van der Waals surface area contributed by atoms with E-state index in [1.165, 1.54) is 0 Å². The fourth-order valence-corrected chi connectivity index (χ4v) is 3.40. The Hall–Kier alpha value is -1.76. The topological polar surface area (TPSA) is 51.0 Å². The molecule has 20 heavy (non-hydrogen) atoms. The van der Waals surface area contributed by atoms with E-state index in [1.807, 2.05) is 48.6 Å². The molecule has 3 rings (SSSR count). The Balaban J connectivity index is 2.13. The van der Waals surface area contributed by atoms with Gasteiger partial charge in [0.15, 0.2) is 0 Å². The largest absolute Gasteiger partial charge is 0.691 e. The molecule has 0 unspecified atom stereocenters. The van der Waals surface area contributed by atoms with Gasteiger partial charge in [0.25, 0.3) is 0 Å². The molecule has 0 atom stereocenters. The Kier molecular flexibility index (Phi) is 3.52. The highest BCUT2D eigenvalue weighted by molar-refractivity contribution is 7.99. The molecule has 1 aromatic heterocycles. The summed E-state index contributed by atoms with van der Waals surface area (Å²) in [6.07, 6.45) is 0. The molecule has 2 heterocycles. The molecule has 1 aromatic carbocycles. The van der Waals surface area contributed by atoms with Gasteiger partial charge in [-0.05, 0) is 16.8 Å². The highest BCUT2D eigenvalue weighted by Gasteiger charge is 2.30. The molecule has 1 saturated heterocycles. The number of hydrogen-bond donors (Lipinski definition) is 0. The quantitative estimate of drug-likeness (QED) is 0.301. The van der Waals surface area contributed by atoms with Gasteiger partial charge in [-0.15, -0.1) is 4.85 Å². The van der Waals surface area contributed by atoms with E-state index in [0.29, 0.717) is 10.4 Å². The molecule has 1 aliphatic rings. The van der Waals surface area contributed by atoms with Gasteiger partial charge < -0.3 is 5.21 Å². The number of benzene rings is 1. The Morgan fingerprint density at radius 1 is 1.30 bits per heavy atom. The van der Waals surface area contributed by atoms with Crippen molar-refractivity contribution in [2.45, 2.75) is 0 Å². The second-order valence-electron chi connectivity index (χ2n) is 4.96. The second kappa shape index (κ2) is 5.32. The van der Waals surface area contributed by atoms with Crippen LogP contribution in [0.4, 0.5) is 0 Å². The first-order chi connectivity index (χ1) is 9.68. The van der Waals surface area contributed by atoms with Crippen LogP contribution in [0.5, 0.6) is 0 Å². The molecule has 1 aliphatic heterocycles. The highest BCUT2D eigenvalue weighted by Crippen LogP contribution is 2.13. The minimum atomic E-state index is 0.596. The van der Waals surface area contributed by atoms with Crippen molar-refractivity contribution in [3.63, 3.8) is 0 Å². The molecule has 2 aromatic rings. The minimum Gasteiger partial charge on any atom is -0.691 e. The van der Waals surface area contributed by atoms with Crippen LogP contribution in [-0.2, 0) is 0 Å². The van der Waals surface area contributed by atoms with Gasteiger partial charge in [0, 0.05) is 11.5 Å². The van der Waals surface area contributed by atoms with Gasteiger partial charge in [0.2, 0.25) is 11.0 Å². The van der Waals surface area contributed by atoms with E-state index in [0.717, 1.165) is 36.1 Å². The van der Waals surface area contributed by atoms with Crippen LogP contribution in [0.25, 0.3) is 11.0 Å². The van der Waals surface area contributed by atoms with Crippen LogP contribution < -0.4 is 4.85 Å². The lowest BCUT2D eigenvalue weighted by atomic mass is 10.3. The number of thioether (sulfide) groups is 1. The van der Waals surface area contributed by atoms with E-state index in [1.54, 1.807) is 10.7 Å². The molecule has 0 radical (unpaired) electrons. The van der Waals surface area contributed by atoms with Crippen LogP contribution in [0.15, 0.2) is 24.3 Å². The smallest absolute Gasteiger partial charge is 0.412 e. The predicted octanol–water partition coefficient (Wildman–Crippen LogP) is 0.195. The predicted molar refractivity (Wildman–Crippen MR) is 80.1 cm³/mol. The zero-order valence-electron chi connectivity index (χ0n) is 11.7. The highest BCUT2D eigenvalue weighted by atomic mass is 32.2. The Labute approximate surface area is 121 Å². The molecular formula is C13H18N5OS+. The van der Waals surface area contributed by atoms with Gasteiger partial charge in [-0.25, -0.2) is 0 Å². The molecule has 6 nitrogen and oxygen atoms in total. The number of nitrogens with zero attached hydrogens (tertiary/aromatic N) is 5. The van der Waals surface area contributed by atoms with Gasteiger partial charge in [-0.3, -0.25) is 9.48 Å². The summed E-state index contributed by atoms with van der Waals surface area (Å²) in [7, 11) is 3.98. The maximum absolute atomic E-state index is 11.9. The summed E-state index contributed by atoms with van der Waals surface area (Å²) in [6, 6.07) is 7.51. The van der Waals surface area contributed by atoms with E-state index in [4.69, 9.17) is 0 Å². The third-order valence-electron chi connectivity index (χ3n) is 3.37. The number of aromatic nitrogens is 3. The van der Waals surface area contributed by atoms with Crippen molar-refractivity contribution in [3.8, 4) is 0 Å². The molecule has 0 amide bonds. The standard InChI is InChI=1S/C13H18N5OS/c1-15(2)13(16-7-9-20-10-8-16)17-11-5-3-4-6-12(11)18(19)14-17/h3-6H,7-10H2,1-2H3/q+1. The molecule has 0 spiro atoms. The van der Waals surface area contributed by atoms with Gasteiger partial charge in [-0.1, -0.05) is 12.1 Å². The normalized spacial score (nSPS) is 15.6. The van der Waals surface area contributed by atoms with Crippen LogP contribution in [0.3, 0.4) is 0 Å². The van der Waals surface area contributed by atoms with Crippen LogP contribution in [-0.4, -0.2) is 64.0 Å². The molecule has 0 bridgehead atoms. The Bertz CT molecular complexity index is 656. The Morgan fingerprint density at radius 3 is 2.70 bits per heavy atom. The van der Waals surface area contributed by atoms with Gasteiger partial charge in [0.05, 0.1) is 27.2 Å². The van der Waals surface area contributed by atoms with E-state index in [9.17, 15) is 5.21 Å². The van der Waals surface area contributed by atoms with Crippen LogP contribution in [0, 0.1) is 5.21 Å². The number of hydrogen-bond acceptors (Lipinski definition) is 3. The maximum atomic E-state index is 11.9. The average molecular weight is 292 g/mol. The van der Waals surface area contributed by atoms with E-state index < -0.39 is 0 Å². The van der Waals surface area contributed by atoms with Crippen molar-refractivity contribution in [2.24, 2.45) is 0 Å². The van der Waals surface area contributed by atoms with E-state index in [2.05, 4.69) is 10.1 Å². The summed E-state index contributed by atoms with van der Waals surface area (Å²) in [5.41, 5.74) is 1.43. The minimum absolute atomic E-state index is 0.596. The molecule has 106 valence electrons. The van der Waals surface area contributed by atoms with E-state index >= 15 is 0 Å². The molecule has 7 heteroatoms. The zero-order chi connectivity index (χ0) is 14.1. The van der Waals surface area contributed by atoms with Gasteiger partial charge in [-0.2, -0.15) is 11.8 Å². The van der Waals surface area contributed by atoms with Crippen molar-refractivity contribution in [1.29, 1.82) is 0 Å². The molecule has 0 aliphatic carbocycles. The summed E-state index contributed by atoms with van der Waals surface area (Å²) in [5.74, 6) is 3.16. The second-order valence-corrected chi connectivity index (χ2v) is 6.18. The first-order valence-electron chi connectivity index (χ1n) is 6.63. The fourth-order valence-electron chi connectivity index (χ4n) is 2.50. The van der Waals surface area contributed by atoms with Crippen molar-refractivity contribution in [1.82, 2.24) is 14.8 Å². The lowest BCUT2D eigenvalue weighted by Crippen LogP contribution is -2.47. The monoisotopic (exact) mass is 292 g/mol. The maximum Gasteiger partial charge on any atom is 0.412 e. The molecule has 1 fully saturated rings. The first kappa shape index (κ1) is 13.2. The lowest BCUT2D eigenvalue weighted by molar-refractivity contribution is -0.645. The molecule has 0 N–H and O–H groups in total. The van der Waals surface area contributed by atoms with Crippen LogP contribution in [0.2, 0.25) is 0 Å². The SMILES string of the molecule is C[N+](C)=C(N1CCSCC1)n1n[n+]([O-])c2ccccc21. The zero-order valence-corrected chi connectivity index (χ0v) is 12.5. The van der Waals surface area contributed by atoms with Crippen molar-refractivity contribution >= 4 is 28.8 Å². The lowest BCUT2D eigenvalue weighted by Gasteiger charge is -2.23. The summed E-state index contributed by atoms with van der Waals surface area (Å²) >= 11 is 1.96. The third-order valence-corrected chi connectivity index (χ3v) is 4.31. The van der Waals surface area contributed by atoms with Crippen LogP contribution in [0.1, 0.15) is 0 Å². The summed E-state index contributed by atoms with van der Waals surface area (Å²) in [5, 5.41) is 16.1. The Morgan fingerprint density at radius 2 is 2.00 bits per heavy atom. The summed E-state index contributed by atoms with van der Waals surface area (Å²) < 4.78 is 3.77. The average Bonchev–Trinajstić information content (AvgIpc) is 2.78. The summed E-state index contributed by atoms with van der Waals surface area (Å²) in [6.45, 7) is 1.95. The first-order valence-corrected chi connectivity index (χ1v) is 7.79. The fraction of sp³-hybridized carbons (Fsp3) is 0.462. The number of rotatable bonds is 0. The van der Waals surface area contributed by atoms with Crippen molar-refractivity contribution in [3.05, 3.63) is 29.5 Å². The van der Waals surface area contributed by atoms with Gasteiger partial charge in [0.1, 0.15) is 5.21 Å². The van der Waals surface area contributed by atoms with Crippen molar-refractivity contribution in [2.75, 3.05) is 38.7 Å². The number of para-hydroxylation sites is 2. The van der Waals surface area contributed by atoms with Gasteiger partial charge >= 0.3 is 5.96 Å². The number of fused-ring (bicyclic) bond motifs is 1. The van der Waals surface area contributed by atoms with Crippen molar-refractivity contribution < 1.29 is 9.42 Å².